The topological polar surface area (TPSA) is 55.8 Å². The molecule has 2 aliphatic rings. The van der Waals surface area contributed by atoms with Crippen molar-refractivity contribution in [3.63, 3.8) is 0 Å². The van der Waals surface area contributed by atoms with E-state index in [1.54, 1.807) is 16.4 Å². The first kappa shape index (κ1) is 15.9. The molecule has 0 radical (unpaired) electrons. The van der Waals surface area contributed by atoms with Crippen molar-refractivity contribution in [2.45, 2.75) is 49.9 Å². The second kappa shape index (κ2) is 6.66. The number of benzene rings is 1. The fraction of sp³-hybridized carbons (Fsp3) is 0.625. The molecule has 0 saturated carbocycles. The summed E-state index contributed by atoms with van der Waals surface area (Å²) in [6.07, 6.45) is 3.46. The molecule has 1 unspecified atom stereocenters. The van der Waals surface area contributed by atoms with Gasteiger partial charge in [0, 0.05) is 26.1 Å². The van der Waals surface area contributed by atoms with E-state index < -0.39 is 10.0 Å². The van der Waals surface area contributed by atoms with Crippen LogP contribution in [0.5, 0.6) is 0 Å². The van der Waals surface area contributed by atoms with Crippen LogP contribution in [0.3, 0.4) is 0 Å². The van der Waals surface area contributed by atoms with Crippen molar-refractivity contribution in [3.05, 3.63) is 29.8 Å². The van der Waals surface area contributed by atoms with E-state index >= 15 is 0 Å². The summed E-state index contributed by atoms with van der Waals surface area (Å²) in [6, 6.07) is 7.03. The van der Waals surface area contributed by atoms with Crippen molar-refractivity contribution in [2.24, 2.45) is 0 Å². The van der Waals surface area contributed by atoms with Gasteiger partial charge in [-0.2, -0.15) is 4.31 Å². The van der Waals surface area contributed by atoms with E-state index in [-0.39, 0.29) is 12.4 Å². The van der Waals surface area contributed by atoms with Crippen LogP contribution in [0.2, 0.25) is 0 Å². The number of piperidine rings is 1. The van der Waals surface area contributed by atoms with Gasteiger partial charge in [0.2, 0.25) is 10.0 Å². The molecule has 2 fully saturated rings. The highest BCUT2D eigenvalue weighted by atomic mass is 32.2. The maximum Gasteiger partial charge on any atom is 0.243 e. The van der Waals surface area contributed by atoms with Crippen LogP contribution in [0.15, 0.2) is 29.2 Å². The monoisotopic (exact) mass is 325 g/mol. The van der Waals surface area contributed by atoms with Gasteiger partial charge in [-0.3, -0.25) is 0 Å². The van der Waals surface area contributed by atoms with Crippen LogP contribution in [0, 0.1) is 6.92 Å². The lowest BCUT2D eigenvalue weighted by molar-refractivity contribution is -0.152. The summed E-state index contributed by atoms with van der Waals surface area (Å²) >= 11 is 0. The third kappa shape index (κ3) is 3.51. The van der Waals surface area contributed by atoms with Gasteiger partial charge in [0.05, 0.1) is 11.0 Å². The van der Waals surface area contributed by atoms with E-state index in [0.29, 0.717) is 18.0 Å². The Morgan fingerprint density at radius 3 is 2.41 bits per heavy atom. The highest BCUT2D eigenvalue weighted by molar-refractivity contribution is 7.89. The van der Waals surface area contributed by atoms with Gasteiger partial charge in [0.25, 0.3) is 0 Å². The lowest BCUT2D eigenvalue weighted by Crippen LogP contribution is -2.41. The largest absolute Gasteiger partial charge is 0.353 e. The molecule has 122 valence electrons. The minimum absolute atomic E-state index is 0.0924. The summed E-state index contributed by atoms with van der Waals surface area (Å²) in [5, 5.41) is 0. The standard InChI is InChI=1S/C16H23NO4S/c1-13-4-6-15(7-5-13)22(18,19)17-10-8-14(9-11-17)21-16-3-2-12-20-16/h4-7,14,16H,2-3,8-12H2,1H3. The lowest BCUT2D eigenvalue weighted by atomic mass is 10.1. The maximum atomic E-state index is 12.6. The molecule has 0 amide bonds. The molecular weight excluding hydrogens is 302 g/mol. The Balaban J connectivity index is 1.59. The van der Waals surface area contributed by atoms with Crippen molar-refractivity contribution >= 4 is 10.0 Å². The van der Waals surface area contributed by atoms with E-state index in [9.17, 15) is 8.42 Å². The molecule has 0 bridgehead atoms. The van der Waals surface area contributed by atoms with Crippen LogP contribution < -0.4 is 0 Å². The Morgan fingerprint density at radius 2 is 1.82 bits per heavy atom. The smallest absolute Gasteiger partial charge is 0.243 e. The first-order chi connectivity index (χ1) is 10.6. The molecule has 5 nitrogen and oxygen atoms in total. The van der Waals surface area contributed by atoms with Gasteiger partial charge < -0.3 is 9.47 Å². The van der Waals surface area contributed by atoms with Crippen LogP contribution in [0.4, 0.5) is 0 Å². The van der Waals surface area contributed by atoms with E-state index in [1.165, 1.54) is 0 Å². The Morgan fingerprint density at radius 1 is 1.14 bits per heavy atom. The average Bonchev–Trinajstić information content (AvgIpc) is 3.01. The zero-order valence-electron chi connectivity index (χ0n) is 12.9. The summed E-state index contributed by atoms with van der Waals surface area (Å²) < 4.78 is 38.2. The molecule has 2 saturated heterocycles. The van der Waals surface area contributed by atoms with Gasteiger partial charge in [-0.15, -0.1) is 0 Å². The number of nitrogens with zero attached hydrogens (tertiary/aromatic N) is 1. The number of hydrogen-bond acceptors (Lipinski definition) is 4. The fourth-order valence-electron chi connectivity index (χ4n) is 2.94. The van der Waals surface area contributed by atoms with Crippen LogP contribution >= 0.6 is 0 Å². The Bertz CT molecular complexity index is 585. The Labute approximate surface area is 132 Å². The molecule has 2 heterocycles. The third-order valence-electron chi connectivity index (χ3n) is 4.29. The lowest BCUT2D eigenvalue weighted by Gasteiger charge is -2.32. The van der Waals surface area contributed by atoms with E-state index in [4.69, 9.17) is 9.47 Å². The van der Waals surface area contributed by atoms with Crippen LogP contribution in [-0.4, -0.2) is 44.8 Å². The molecule has 22 heavy (non-hydrogen) atoms. The van der Waals surface area contributed by atoms with Crippen molar-refractivity contribution in [1.29, 1.82) is 0 Å². The minimum Gasteiger partial charge on any atom is -0.353 e. The predicted octanol–water partition coefficient (Wildman–Crippen LogP) is 2.30. The summed E-state index contributed by atoms with van der Waals surface area (Å²) in [5.41, 5.74) is 1.06. The number of sulfonamides is 1. The van der Waals surface area contributed by atoms with Crippen molar-refractivity contribution in [3.8, 4) is 0 Å². The summed E-state index contributed by atoms with van der Waals surface area (Å²) in [5.74, 6) is 0. The Hall–Kier alpha value is -0.950. The van der Waals surface area contributed by atoms with Crippen LogP contribution in [0.1, 0.15) is 31.2 Å². The van der Waals surface area contributed by atoms with Gasteiger partial charge in [0.15, 0.2) is 6.29 Å². The second-order valence-corrected chi connectivity index (χ2v) is 7.93. The van der Waals surface area contributed by atoms with Crippen molar-refractivity contribution < 1.29 is 17.9 Å². The molecule has 6 heteroatoms. The molecule has 1 aromatic rings. The summed E-state index contributed by atoms with van der Waals surface area (Å²) in [4.78, 5) is 0.372. The van der Waals surface area contributed by atoms with Crippen molar-refractivity contribution in [2.75, 3.05) is 19.7 Å². The highest BCUT2D eigenvalue weighted by Crippen LogP contribution is 2.25. The quantitative estimate of drug-likeness (QED) is 0.852. The fourth-order valence-corrected chi connectivity index (χ4v) is 4.41. The number of ether oxygens (including phenoxy) is 2. The van der Waals surface area contributed by atoms with Gasteiger partial charge in [-0.1, -0.05) is 17.7 Å². The molecule has 1 aromatic carbocycles. The highest BCUT2D eigenvalue weighted by Gasteiger charge is 2.31. The average molecular weight is 325 g/mol. The summed E-state index contributed by atoms with van der Waals surface area (Å²) in [6.45, 7) is 3.73. The van der Waals surface area contributed by atoms with Gasteiger partial charge in [-0.05, 0) is 38.3 Å². The predicted molar refractivity (Wildman–Crippen MR) is 83.0 cm³/mol. The minimum atomic E-state index is -3.38. The van der Waals surface area contributed by atoms with Crippen molar-refractivity contribution in [1.82, 2.24) is 4.31 Å². The van der Waals surface area contributed by atoms with Gasteiger partial charge in [0.1, 0.15) is 0 Å². The second-order valence-electron chi connectivity index (χ2n) is 6.00. The van der Waals surface area contributed by atoms with Crippen LogP contribution in [-0.2, 0) is 19.5 Å². The molecule has 0 spiro atoms. The van der Waals surface area contributed by atoms with Gasteiger partial charge >= 0.3 is 0 Å². The zero-order valence-corrected chi connectivity index (χ0v) is 13.7. The molecule has 0 N–H and O–H groups in total. The van der Waals surface area contributed by atoms with E-state index in [2.05, 4.69) is 0 Å². The number of rotatable bonds is 4. The maximum absolute atomic E-state index is 12.6. The molecule has 2 aliphatic heterocycles. The zero-order chi connectivity index (χ0) is 15.6. The number of aryl methyl sites for hydroxylation is 1. The normalized spacial score (nSPS) is 24.7. The van der Waals surface area contributed by atoms with E-state index in [0.717, 1.165) is 37.9 Å². The molecular formula is C16H23NO4S. The molecule has 1 atom stereocenters. The first-order valence-electron chi connectivity index (χ1n) is 7.89. The third-order valence-corrected chi connectivity index (χ3v) is 6.20. The molecule has 0 aliphatic carbocycles. The van der Waals surface area contributed by atoms with E-state index in [1.807, 2.05) is 19.1 Å². The first-order valence-corrected chi connectivity index (χ1v) is 9.33. The molecule has 0 aromatic heterocycles. The van der Waals surface area contributed by atoms with Gasteiger partial charge in [-0.25, -0.2) is 8.42 Å². The Kier molecular flexibility index (Phi) is 4.82. The SMILES string of the molecule is Cc1ccc(S(=O)(=O)N2CCC(OC3CCCO3)CC2)cc1. The summed E-state index contributed by atoms with van der Waals surface area (Å²) in [7, 11) is -3.38. The number of hydrogen-bond donors (Lipinski definition) is 0. The molecule has 3 rings (SSSR count). The van der Waals surface area contributed by atoms with Crippen LogP contribution in [0.25, 0.3) is 0 Å².